The first kappa shape index (κ1) is 19.9. The van der Waals surface area contributed by atoms with Crippen LogP contribution in [-0.4, -0.2) is 40.9 Å². The van der Waals surface area contributed by atoms with Gasteiger partial charge in [0.25, 0.3) is 0 Å². The molecular weight excluding hydrogens is 402 g/mol. The summed E-state index contributed by atoms with van der Waals surface area (Å²) in [6, 6.07) is 8.73. The number of benzene rings is 1. The summed E-state index contributed by atoms with van der Waals surface area (Å²) in [5.74, 6) is 1.50. The molecule has 28 heavy (non-hydrogen) atoms. The van der Waals surface area contributed by atoms with E-state index in [9.17, 15) is 8.42 Å². The van der Waals surface area contributed by atoms with Crippen LogP contribution in [0, 0.1) is 0 Å². The Morgan fingerprint density at radius 1 is 1.18 bits per heavy atom. The molecule has 0 radical (unpaired) electrons. The van der Waals surface area contributed by atoms with Crippen LogP contribution < -0.4 is 14.9 Å². The van der Waals surface area contributed by atoms with Crippen molar-refractivity contribution in [3.05, 3.63) is 47.7 Å². The maximum absolute atomic E-state index is 11.6. The van der Waals surface area contributed by atoms with Crippen LogP contribution in [-0.2, 0) is 10.0 Å². The van der Waals surface area contributed by atoms with Crippen molar-refractivity contribution in [2.24, 2.45) is 0 Å². The van der Waals surface area contributed by atoms with Gasteiger partial charge in [-0.2, -0.15) is 10.1 Å². The minimum atomic E-state index is -3.44. The summed E-state index contributed by atoms with van der Waals surface area (Å²) in [4.78, 5) is 10.7. The van der Waals surface area contributed by atoms with Gasteiger partial charge in [0.05, 0.1) is 30.0 Å². The zero-order valence-electron chi connectivity index (χ0n) is 15.5. The monoisotopic (exact) mass is 421 g/mol. The lowest BCUT2D eigenvalue weighted by atomic mass is 10.2. The van der Waals surface area contributed by atoms with E-state index < -0.39 is 10.0 Å². The van der Waals surface area contributed by atoms with E-state index in [-0.39, 0.29) is 6.04 Å². The maximum Gasteiger partial charge on any atom is 0.233 e. The second-order valence-corrected chi connectivity index (χ2v) is 8.47. The van der Waals surface area contributed by atoms with E-state index >= 15 is 0 Å². The molecule has 0 aliphatic carbocycles. The number of nitrogens with zero attached hydrogens (tertiary/aromatic N) is 4. The Kier molecular flexibility index (Phi) is 5.71. The largest absolute Gasteiger partial charge is 0.337 e. The first-order chi connectivity index (χ1) is 13.2. The first-order valence-electron chi connectivity index (χ1n) is 8.39. The highest BCUT2D eigenvalue weighted by atomic mass is 35.5. The average Bonchev–Trinajstić information content (AvgIpc) is 3.12. The normalized spacial score (nSPS) is 11.5. The molecular formula is C17H20ClN7O2S. The number of para-hydroxylation sites is 2. The van der Waals surface area contributed by atoms with Crippen molar-refractivity contribution in [2.75, 3.05) is 21.2 Å². The Balaban J connectivity index is 1.97. The van der Waals surface area contributed by atoms with Crippen LogP contribution in [0.25, 0.3) is 0 Å². The molecule has 3 rings (SSSR count). The molecule has 0 amide bonds. The number of aromatic nitrogens is 4. The number of halogens is 1. The topological polar surface area (TPSA) is 116 Å². The van der Waals surface area contributed by atoms with Gasteiger partial charge in [-0.05, 0) is 26.0 Å². The van der Waals surface area contributed by atoms with Gasteiger partial charge in [0.1, 0.15) is 10.8 Å². The van der Waals surface area contributed by atoms with Crippen LogP contribution in [0.5, 0.6) is 0 Å². The highest BCUT2D eigenvalue weighted by Gasteiger charge is 2.19. The van der Waals surface area contributed by atoms with Crippen molar-refractivity contribution < 1.29 is 8.42 Å². The van der Waals surface area contributed by atoms with Gasteiger partial charge in [0.2, 0.25) is 16.0 Å². The fraction of sp³-hybridized carbons (Fsp3) is 0.235. The molecule has 0 fully saturated rings. The Morgan fingerprint density at radius 2 is 1.89 bits per heavy atom. The van der Waals surface area contributed by atoms with Crippen LogP contribution in [0.2, 0.25) is 5.02 Å². The molecule has 0 aliphatic heterocycles. The molecule has 2 aromatic heterocycles. The second kappa shape index (κ2) is 8.03. The third-order valence-corrected chi connectivity index (χ3v) is 4.55. The molecule has 11 heteroatoms. The number of aromatic amines is 1. The number of sulfonamides is 1. The molecule has 0 saturated carbocycles. The van der Waals surface area contributed by atoms with Gasteiger partial charge in [-0.1, -0.05) is 23.7 Å². The molecule has 3 aromatic rings. The summed E-state index contributed by atoms with van der Waals surface area (Å²) < 4.78 is 25.7. The molecule has 0 saturated heterocycles. The Morgan fingerprint density at radius 3 is 2.50 bits per heavy atom. The first-order valence-corrected chi connectivity index (χ1v) is 10.7. The molecule has 1 aromatic carbocycles. The second-order valence-electron chi connectivity index (χ2n) is 6.32. The molecule has 0 unspecified atom stereocenters. The average molecular weight is 422 g/mol. The maximum atomic E-state index is 11.6. The zero-order chi connectivity index (χ0) is 20.3. The summed E-state index contributed by atoms with van der Waals surface area (Å²) in [5, 5.41) is 10.3. The van der Waals surface area contributed by atoms with Crippen molar-refractivity contribution >= 4 is 50.6 Å². The number of hydrogen-bond donors (Lipinski definition) is 3. The van der Waals surface area contributed by atoms with E-state index in [0.29, 0.717) is 28.2 Å². The minimum Gasteiger partial charge on any atom is -0.337 e. The molecule has 0 spiro atoms. The SMILES string of the molecule is CC(C)N(c1ncc(Cl)c(Nc2ccccc2NS(C)(=O)=O)n1)c1ccn[nH]1. The Labute approximate surface area is 168 Å². The van der Waals surface area contributed by atoms with Crippen LogP contribution in [0.1, 0.15) is 13.8 Å². The lowest BCUT2D eigenvalue weighted by Crippen LogP contribution is -2.27. The van der Waals surface area contributed by atoms with Crippen LogP contribution >= 0.6 is 11.6 Å². The summed E-state index contributed by atoms with van der Waals surface area (Å²) in [6.45, 7) is 3.99. The highest BCUT2D eigenvalue weighted by molar-refractivity contribution is 7.92. The molecule has 9 nitrogen and oxygen atoms in total. The number of nitrogens with one attached hydrogen (secondary N) is 3. The van der Waals surface area contributed by atoms with Gasteiger partial charge in [-0.3, -0.25) is 14.7 Å². The predicted molar refractivity (Wildman–Crippen MR) is 111 cm³/mol. The van der Waals surface area contributed by atoms with Gasteiger partial charge in [-0.15, -0.1) is 0 Å². The number of H-pyrrole nitrogens is 1. The van der Waals surface area contributed by atoms with E-state index in [1.54, 1.807) is 30.5 Å². The summed E-state index contributed by atoms with van der Waals surface area (Å²) >= 11 is 6.28. The molecule has 0 atom stereocenters. The fourth-order valence-electron chi connectivity index (χ4n) is 2.57. The number of anilines is 5. The van der Waals surface area contributed by atoms with E-state index in [0.717, 1.165) is 12.1 Å². The van der Waals surface area contributed by atoms with Gasteiger partial charge in [-0.25, -0.2) is 13.4 Å². The molecule has 2 heterocycles. The van der Waals surface area contributed by atoms with Crippen molar-refractivity contribution in [2.45, 2.75) is 19.9 Å². The van der Waals surface area contributed by atoms with Gasteiger partial charge < -0.3 is 5.32 Å². The molecule has 3 N–H and O–H groups in total. The van der Waals surface area contributed by atoms with E-state index in [1.165, 1.54) is 6.20 Å². The molecule has 0 aliphatic rings. The summed E-state index contributed by atoms with van der Waals surface area (Å²) in [5.41, 5.74) is 0.896. The van der Waals surface area contributed by atoms with E-state index in [2.05, 4.69) is 30.2 Å². The molecule has 0 bridgehead atoms. The van der Waals surface area contributed by atoms with Gasteiger partial charge in [0.15, 0.2) is 5.82 Å². The highest BCUT2D eigenvalue weighted by Crippen LogP contribution is 2.31. The quantitative estimate of drug-likeness (QED) is 0.534. The standard InChI is InChI=1S/C17H20ClN7O2S/c1-11(2)25(15-8-9-20-23-15)17-19-10-12(18)16(22-17)21-13-6-4-5-7-14(13)24-28(3,26)27/h4-11,24H,1-3H3,(H,20,23)(H,19,21,22). The summed E-state index contributed by atoms with van der Waals surface area (Å²) in [6.07, 6.45) is 4.22. The molecule has 148 valence electrons. The van der Waals surface area contributed by atoms with Crippen molar-refractivity contribution in [1.82, 2.24) is 20.2 Å². The van der Waals surface area contributed by atoms with Crippen molar-refractivity contribution in [3.8, 4) is 0 Å². The zero-order valence-corrected chi connectivity index (χ0v) is 17.1. The van der Waals surface area contributed by atoms with Gasteiger partial charge >= 0.3 is 0 Å². The smallest absolute Gasteiger partial charge is 0.233 e. The number of rotatable bonds is 7. The van der Waals surface area contributed by atoms with Crippen LogP contribution in [0.15, 0.2) is 42.7 Å². The van der Waals surface area contributed by atoms with E-state index in [4.69, 9.17) is 11.6 Å². The van der Waals surface area contributed by atoms with E-state index in [1.807, 2.05) is 24.8 Å². The van der Waals surface area contributed by atoms with Crippen molar-refractivity contribution in [3.63, 3.8) is 0 Å². The lowest BCUT2D eigenvalue weighted by molar-refractivity contribution is 0.607. The lowest BCUT2D eigenvalue weighted by Gasteiger charge is -2.25. The minimum absolute atomic E-state index is 0.0497. The Hall–Kier alpha value is -2.85. The number of hydrogen-bond acceptors (Lipinski definition) is 7. The third-order valence-electron chi connectivity index (χ3n) is 3.68. The van der Waals surface area contributed by atoms with Crippen molar-refractivity contribution in [1.29, 1.82) is 0 Å². The van der Waals surface area contributed by atoms with Crippen LogP contribution in [0.3, 0.4) is 0 Å². The van der Waals surface area contributed by atoms with Crippen LogP contribution in [0.4, 0.5) is 29.0 Å². The Bertz CT molecular complexity index is 1060. The van der Waals surface area contributed by atoms with Gasteiger partial charge in [0, 0.05) is 12.1 Å². The third kappa shape index (κ3) is 4.70. The predicted octanol–water partition coefficient (Wildman–Crippen LogP) is 3.51. The summed E-state index contributed by atoms with van der Waals surface area (Å²) in [7, 11) is -3.44. The fourth-order valence-corrected chi connectivity index (χ4v) is 3.29.